The number of carbonyl (C=O) groups is 1. The molecule has 26 heavy (non-hydrogen) atoms. The predicted octanol–water partition coefficient (Wildman–Crippen LogP) is 2.88. The largest absolute Gasteiger partial charge is 0.370 e. The number of aryl methyl sites for hydroxylation is 2. The molecule has 1 saturated heterocycles. The molecule has 1 aromatic carbocycles. The van der Waals surface area contributed by atoms with Gasteiger partial charge in [-0.2, -0.15) is 0 Å². The van der Waals surface area contributed by atoms with Crippen molar-refractivity contribution in [1.82, 2.24) is 14.9 Å². The van der Waals surface area contributed by atoms with Gasteiger partial charge in [-0.25, -0.2) is 14.8 Å². The zero-order valence-corrected chi connectivity index (χ0v) is 15.6. The molecule has 3 rings (SSSR count). The first kappa shape index (κ1) is 18.0. The molecule has 1 aromatic heterocycles. The van der Waals surface area contributed by atoms with Crippen LogP contribution in [0.5, 0.6) is 0 Å². The minimum Gasteiger partial charge on any atom is -0.370 e. The normalized spacial score (nSPS) is 14.3. The maximum atomic E-state index is 12.4. The molecule has 0 bridgehead atoms. The molecule has 0 unspecified atom stereocenters. The van der Waals surface area contributed by atoms with Gasteiger partial charge in [0, 0.05) is 44.5 Å². The minimum absolute atomic E-state index is 0.0549. The molecular weight excluding hydrogens is 328 g/mol. The van der Waals surface area contributed by atoms with Crippen molar-refractivity contribution >= 4 is 23.4 Å². The van der Waals surface area contributed by atoms with E-state index in [0.29, 0.717) is 13.1 Å². The van der Waals surface area contributed by atoms with Crippen molar-refractivity contribution in [3.63, 3.8) is 0 Å². The number of carbonyl (C=O) groups excluding carboxylic acids is 1. The summed E-state index contributed by atoms with van der Waals surface area (Å²) >= 11 is 0. The number of amides is 2. The Morgan fingerprint density at radius 1 is 1.08 bits per heavy atom. The summed E-state index contributed by atoms with van der Waals surface area (Å²) < 4.78 is 0. The number of hydrogen-bond donors (Lipinski definition) is 2. The van der Waals surface area contributed by atoms with Crippen LogP contribution in [0, 0.1) is 13.8 Å². The third-order valence-electron chi connectivity index (χ3n) is 4.38. The van der Waals surface area contributed by atoms with Crippen LogP contribution in [0.4, 0.5) is 22.1 Å². The van der Waals surface area contributed by atoms with E-state index in [1.807, 2.05) is 56.0 Å². The molecule has 0 spiro atoms. The predicted molar refractivity (Wildman–Crippen MR) is 105 cm³/mol. The van der Waals surface area contributed by atoms with Gasteiger partial charge in [0.05, 0.1) is 0 Å². The van der Waals surface area contributed by atoms with E-state index < -0.39 is 0 Å². The fraction of sp³-hybridized carbons (Fsp3) is 0.421. The topological polar surface area (TPSA) is 73.4 Å². The van der Waals surface area contributed by atoms with Gasteiger partial charge in [-0.15, -0.1) is 0 Å². The molecule has 0 atom stereocenters. The van der Waals surface area contributed by atoms with Crippen LogP contribution in [0.25, 0.3) is 0 Å². The highest BCUT2D eigenvalue weighted by molar-refractivity contribution is 5.89. The van der Waals surface area contributed by atoms with E-state index in [1.165, 1.54) is 5.56 Å². The highest BCUT2D eigenvalue weighted by atomic mass is 16.2. The molecular formula is C19H26N6O. The molecule has 7 nitrogen and oxygen atoms in total. The van der Waals surface area contributed by atoms with E-state index in [2.05, 4.69) is 25.5 Å². The number of aromatic nitrogens is 2. The molecule has 2 amide bonds. The Balaban J connectivity index is 1.58. The molecule has 7 heteroatoms. The lowest BCUT2D eigenvalue weighted by Gasteiger charge is -2.35. The third-order valence-corrected chi connectivity index (χ3v) is 4.38. The molecule has 2 aromatic rings. The van der Waals surface area contributed by atoms with Crippen molar-refractivity contribution < 1.29 is 4.79 Å². The Bertz CT molecular complexity index is 753. The highest BCUT2D eigenvalue weighted by Crippen LogP contribution is 2.18. The Morgan fingerprint density at radius 2 is 1.77 bits per heavy atom. The Hall–Kier alpha value is -2.83. The van der Waals surface area contributed by atoms with Gasteiger partial charge < -0.3 is 20.4 Å². The van der Waals surface area contributed by atoms with Gasteiger partial charge in [0.15, 0.2) is 0 Å². The fourth-order valence-corrected chi connectivity index (χ4v) is 2.96. The molecule has 0 aliphatic carbocycles. The molecule has 138 valence electrons. The van der Waals surface area contributed by atoms with Crippen LogP contribution in [0.1, 0.15) is 18.3 Å². The van der Waals surface area contributed by atoms with Crippen molar-refractivity contribution in [3.8, 4) is 0 Å². The van der Waals surface area contributed by atoms with Crippen molar-refractivity contribution in [2.75, 3.05) is 48.3 Å². The fourth-order valence-electron chi connectivity index (χ4n) is 2.96. The lowest BCUT2D eigenvalue weighted by atomic mass is 10.2. The first-order valence-corrected chi connectivity index (χ1v) is 9.02. The zero-order chi connectivity index (χ0) is 18.5. The number of nitrogens with zero attached hydrogens (tertiary/aromatic N) is 4. The van der Waals surface area contributed by atoms with Crippen LogP contribution in [0.15, 0.2) is 30.3 Å². The van der Waals surface area contributed by atoms with Crippen molar-refractivity contribution in [1.29, 1.82) is 0 Å². The Morgan fingerprint density at radius 3 is 2.42 bits per heavy atom. The van der Waals surface area contributed by atoms with Gasteiger partial charge in [-0.1, -0.05) is 17.7 Å². The van der Waals surface area contributed by atoms with E-state index in [4.69, 9.17) is 0 Å². The number of urea groups is 1. The minimum atomic E-state index is -0.0549. The van der Waals surface area contributed by atoms with Gasteiger partial charge in [-0.3, -0.25) is 0 Å². The summed E-state index contributed by atoms with van der Waals surface area (Å²) in [5.41, 5.74) is 2.00. The summed E-state index contributed by atoms with van der Waals surface area (Å²) in [7, 11) is 0. The zero-order valence-electron chi connectivity index (χ0n) is 15.6. The number of piperazine rings is 1. The molecule has 2 heterocycles. The highest BCUT2D eigenvalue weighted by Gasteiger charge is 2.22. The molecule has 0 saturated carbocycles. The molecule has 1 fully saturated rings. The second-order valence-corrected chi connectivity index (χ2v) is 6.46. The summed E-state index contributed by atoms with van der Waals surface area (Å²) in [6, 6.07) is 9.75. The molecule has 1 aliphatic rings. The standard InChI is InChI=1S/C19H26N6O/c1-4-20-17-13-18(22-15(3)21-17)24-9-11-25(12-10-24)19(26)23-16-7-5-14(2)6-8-16/h5-8,13H,4,9-12H2,1-3H3,(H,23,26)(H,20,21,22). The van der Waals surface area contributed by atoms with Gasteiger partial charge in [0.1, 0.15) is 17.5 Å². The van der Waals surface area contributed by atoms with E-state index in [9.17, 15) is 4.79 Å². The van der Waals surface area contributed by atoms with Gasteiger partial charge in [0.25, 0.3) is 0 Å². The van der Waals surface area contributed by atoms with Crippen molar-refractivity contribution in [3.05, 3.63) is 41.7 Å². The van der Waals surface area contributed by atoms with Crippen LogP contribution >= 0.6 is 0 Å². The third kappa shape index (κ3) is 4.41. The lowest BCUT2D eigenvalue weighted by Crippen LogP contribution is -2.50. The lowest BCUT2D eigenvalue weighted by molar-refractivity contribution is 0.208. The number of nitrogens with one attached hydrogen (secondary N) is 2. The van der Waals surface area contributed by atoms with Crippen LogP contribution in [0.2, 0.25) is 0 Å². The molecule has 2 N–H and O–H groups in total. The first-order valence-electron chi connectivity index (χ1n) is 9.02. The average molecular weight is 354 g/mol. The van der Waals surface area contributed by atoms with Crippen LogP contribution in [-0.4, -0.2) is 53.6 Å². The maximum absolute atomic E-state index is 12.4. The van der Waals surface area contributed by atoms with Crippen LogP contribution in [-0.2, 0) is 0 Å². The number of benzene rings is 1. The second-order valence-electron chi connectivity index (χ2n) is 6.46. The summed E-state index contributed by atoms with van der Waals surface area (Å²) in [6.45, 7) is 9.63. The first-order chi connectivity index (χ1) is 12.5. The SMILES string of the molecule is CCNc1cc(N2CCN(C(=O)Nc3ccc(C)cc3)CC2)nc(C)n1. The Kier molecular flexibility index (Phi) is 5.55. The van der Waals surface area contributed by atoms with Gasteiger partial charge in [0.2, 0.25) is 0 Å². The van der Waals surface area contributed by atoms with Crippen LogP contribution in [0.3, 0.4) is 0 Å². The Labute approximate surface area is 154 Å². The smallest absolute Gasteiger partial charge is 0.321 e. The van der Waals surface area contributed by atoms with Crippen molar-refractivity contribution in [2.45, 2.75) is 20.8 Å². The number of hydrogen-bond acceptors (Lipinski definition) is 5. The molecule has 1 aliphatic heterocycles. The summed E-state index contributed by atoms with van der Waals surface area (Å²) in [5.74, 6) is 2.50. The maximum Gasteiger partial charge on any atom is 0.321 e. The average Bonchev–Trinajstić information content (AvgIpc) is 2.63. The summed E-state index contributed by atoms with van der Waals surface area (Å²) in [5, 5.41) is 6.20. The summed E-state index contributed by atoms with van der Waals surface area (Å²) in [4.78, 5) is 25.4. The van der Waals surface area contributed by atoms with Crippen LogP contribution < -0.4 is 15.5 Å². The summed E-state index contributed by atoms with van der Waals surface area (Å²) in [6.07, 6.45) is 0. The second kappa shape index (κ2) is 8.03. The van der Waals surface area contributed by atoms with E-state index in [0.717, 1.165) is 42.8 Å². The van der Waals surface area contributed by atoms with E-state index in [-0.39, 0.29) is 6.03 Å². The van der Waals surface area contributed by atoms with Gasteiger partial charge in [-0.05, 0) is 32.9 Å². The molecule has 0 radical (unpaired) electrons. The van der Waals surface area contributed by atoms with Crippen molar-refractivity contribution in [2.24, 2.45) is 0 Å². The number of anilines is 3. The quantitative estimate of drug-likeness (QED) is 0.883. The monoisotopic (exact) mass is 354 g/mol. The van der Waals surface area contributed by atoms with Gasteiger partial charge >= 0.3 is 6.03 Å². The van der Waals surface area contributed by atoms with E-state index in [1.54, 1.807) is 0 Å². The van der Waals surface area contributed by atoms with E-state index >= 15 is 0 Å². The number of rotatable bonds is 4.